The molecule has 0 spiro atoms. The Kier molecular flexibility index (Phi) is 10.2. The molecule has 0 saturated heterocycles. The van der Waals surface area contributed by atoms with Crippen LogP contribution in [0, 0.1) is 11.8 Å². The van der Waals surface area contributed by atoms with Crippen molar-refractivity contribution in [3.05, 3.63) is 0 Å². The smallest absolute Gasteiger partial charge is 0.408 e. The van der Waals surface area contributed by atoms with Gasteiger partial charge in [-0.3, -0.25) is 4.79 Å². The zero-order valence-corrected chi connectivity index (χ0v) is 14.9. The normalized spacial score (nSPS) is 13.7. The summed E-state index contributed by atoms with van der Waals surface area (Å²) in [6.45, 7) is 12.1. The second kappa shape index (κ2) is 10.0. The van der Waals surface area contributed by atoms with E-state index in [9.17, 15) is 14.4 Å². The van der Waals surface area contributed by atoms with Crippen molar-refractivity contribution in [3.8, 4) is 0 Å². The third-order valence-electron chi connectivity index (χ3n) is 2.61. The van der Waals surface area contributed by atoms with Crippen LogP contribution in [0.4, 0.5) is 4.79 Å². The van der Waals surface area contributed by atoms with Gasteiger partial charge in [-0.1, -0.05) is 27.7 Å². The number of carboxylic acids is 2. The summed E-state index contributed by atoms with van der Waals surface area (Å²) in [5, 5.41) is 19.4. The van der Waals surface area contributed by atoms with Gasteiger partial charge in [-0.25, -0.2) is 9.59 Å². The highest BCUT2D eigenvalue weighted by Gasteiger charge is 2.26. The monoisotopic (exact) mass is 334 g/mol. The van der Waals surface area contributed by atoms with E-state index in [0.29, 0.717) is 0 Å². The fourth-order valence-corrected chi connectivity index (χ4v) is 1.23. The van der Waals surface area contributed by atoms with E-state index in [0.717, 1.165) is 0 Å². The molecule has 0 aromatic heterocycles. The average molecular weight is 334 g/mol. The van der Waals surface area contributed by atoms with Crippen molar-refractivity contribution in [3.63, 3.8) is 0 Å². The lowest BCUT2D eigenvalue weighted by Gasteiger charge is -2.23. The third-order valence-corrected chi connectivity index (χ3v) is 2.61. The van der Waals surface area contributed by atoms with E-state index in [2.05, 4.69) is 5.32 Å². The summed E-state index contributed by atoms with van der Waals surface area (Å²) >= 11 is 0. The molecule has 0 fully saturated rings. The minimum Gasteiger partial charge on any atom is -0.480 e. The number of hydrogen-bond acceptors (Lipinski definition) is 5. The van der Waals surface area contributed by atoms with Gasteiger partial charge in [0, 0.05) is 0 Å². The molecule has 5 N–H and O–H groups in total. The lowest BCUT2D eigenvalue weighted by molar-refractivity contribution is -0.141. The van der Waals surface area contributed by atoms with Crippen LogP contribution in [0.2, 0.25) is 0 Å². The number of amides is 1. The van der Waals surface area contributed by atoms with Gasteiger partial charge in [0.15, 0.2) is 0 Å². The number of rotatable bonds is 5. The van der Waals surface area contributed by atoms with E-state index < -0.39 is 35.7 Å². The highest BCUT2D eigenvalue weighted by Crippen LogP contribution is 2.08. The lowest BCUT2D eigenvalue weighted by atomic mass is 10.1. The van der Waals surface area contributed by atoms with Crippen LogP contribution in [-0.2, 0) is 14.3 Å². The second-order valence-corrected chi connectivity index (χ2v) is 6.81. The molecule has 8 nitrogen and oxygen atoms in total. The molecule has 0 radical (unpaired) electrons. The number of nitrogens with two attached hydrogens (primary N) is 1. The minimum absolute atomic E-state index is 0.0208. The summed E-state index contributed by atoms with van der Waals surface area (Å²) in [7, 11) is 0. The second-order valence-electron chi connectivity index (χ2n) is 6.81. The fourth-order valence-electron chi connectivity index (χ4n) is 1.23. The maximum Gasteiger partial charge on any atom is 0.408 e. The zero-order valence-electron chi connectivity index (χ0n) is 14.9. The molecule has 1 amide bonds. The first-order chi connectivity index (χ1) is 10.2. The van der Waals surface area contributed by atoms with Gasteiger partial charge in [0.05, 0.1) is 0 Å². The zero-order chi connectivity index (χ0) is 19.0. The van der Waals surface area contributed by atoms with Crippen molar-refractivity contribution in [1.29, 1.82) is 0 Å². The van der Waals surface area contributed by atoms with Crippen LogP contribution >= 0.6 is 0 Å². The summed E-state index contributed by atoms with van der Waals surface area (Å²) in [5.41, 5.74) is 4.54. The van der Waals surface area contributed by atoms with Crippen molar-refractivity contribution < 1.29 is 29.3 Å². The van der Waals surface area contributed by atoms with Crippen molar-refractivity contribution in [1.82, 2.24) is 5.32 Å². The summed E-state index contributed by atoms with van der Waals surface area (Å²) in [5.74, 6) is -2.15. The van der Waals surface area contributed by atoms with Crippen LogP contribution in [0.3, 0.4) is 0 Å². The van der Waals surface area contributed by atoms with Gasteiger partial charge >= 0.3 is 18.0 Å². The number of alkyl carbamates (subject to hydrolysis) is 1. The Labute approximate surface area is 137 Å². The summed E-state index contributed by atoms with van der Waals surface area (Å²) in [4.78, 5) is 32.1. The van der Waals surface area contributed by atoms with Crippen LogP contribution in [-0.4, -0.2) is 45.9 Å². The Hall–Kier alpha value is -1.83. The molecule has 2 atom stereocenters. The quantitative estimate of drug-likeness (QED) is 0.599. The van der Waals surface area contributed by atoms with Crippen LogP contribution in [0.15, 0.2) is 0 Å². The molecule has 0 aliphatic carbocycles. The van der Waals surface area contributed by atoms with Crippen molar-refractivity contribution in [2.75, 3.05) is 0 Å². The topological polar surface area (TPSA) is 139 Å². The standard InChI is InChI=1S/C10H19NO4.C5H11NO2/c1-6(2)7(8(12)13)11-9(14)15-10(3,4)5;1-3(2)4(6)5(7)8/h6-7H,1-5H3,(H,11,14)(H,12,13);3-4H,6H2,1-2H3,(H,7,8)/t7-;4-/m00/s1. The van der Waals surface area contributed by atoms with Crippen molar-refractivity contribution in [2.24, 2.45) is 17.6 Å². The first kappa shape index (κ1) is 23.4. The lowest BCUT2D eigenvalue weighted by Crippen LogP contribution is -2.46. The molecule has 0 aliphatic rings. The van der Waals surface area contributed by atoms with Gasteiger partial charge in [0.2, 0.25) is 0 Å². The minimum atomic E-state index is -1.06. The molecule has 8 heteroatoms. The average Bonchev–Trinajstić information content (AvgIpc) is 2.32. The molecule has 0 bridgehead atoms. The number of ether oxygens (including phenoxy) is 1. The van der Waals surface area contributed by atoms with Crippen LogP contribution in [0.1, 0.15) is 48.5 Å². The first-order valence-electron chi connectivity index (χ1n) is 7.39. The molecule has 0 heterocycles. The molecule has 0 aromatic carbocycles. The van der Waals surface area contributed by atoms with Gasteiger partial charge in [-0.15, -0.1) is 0 Å². The molecular formula is C15H30N2O6. The van der Waals surface area contributed by atoms with E-state index in [4.69, 9.17) is 20.7 Å². The van der Waals surface area contributed by atoms with E-state index in [1.54, 1.807) is 48.5 Å². The molecule has 0 saturated carbocycles. The van der Waals surface area contributed by atoms with Crippen molar-refractivity contribution in [2.45, 2.75) is 66.2 Å². The molecular weight excluding hydrogens is 304 g/mol. The molecule has 0 rings (SSSR count). The number of nitrogens with one attached hydrogen (secondary N) is 1. The Bertz CT molecular complexity index is 401. The Balaban J connectivity index is 0. The molecule has 0 unspecified atom stereocenters. The fraction of sp³-hybridized carbons (Fsp3) is 0.800. The van der Waals surface area contributed by atoms with Crippen LogP contribution in [0.5, 0.6) is 0 Å². The van der Waals surface area contributed by atoms with E-state index in [1.165, 1.54) is 0 Å². The number of hydrogen-bond donors (Lipinski definition) is 4. The van der Waals surface area contributed by atoms with Gasteiger partial charge in [0.25, 0.3) is 0 Å². The van der Waals surface area contributed by atoms with E-state index in [1.807, 2.05) is 0 Å². The maximum atomic E-state index is 11.3. The molecule has 23 heavy (non-hydrogen) atoms. The van der Waals surface area contributed by atoms with E-state index in [-0.39, 0.29) is 11.8 Å². The number of carbonyl (C=O) groups excluding carboxylic acids is 1. The predicted molar refractivity (Wildman–Crippen MR) is 86.1 cm³/mol. The van der Waals surface area contributed by atoms with Crippen LogP contribution in [0.25, 0.3) is 0 Å². The third kappa shape index (κ3) is 12.4. The molecule has 0 aliphatic heterocycles. The summed E-state index contributed by atoms with van der Waals surface area (Å²) in [6, 6.07) is -1.63. The SMILES string of the molecule is CC(C)[C@H](N)C(=O)O.CC(C)[C@H](NC(=O)OC(C)(C)C)C(=O)O. The highest BCUT2D eigenvalue weighted by molar-refractivity contribution is 5.80. The van der Waals surface area contributed by atoms with E-state index >= 15 is 0 Å². The number of carboxylic acid groups (broad SMARTS) is 2. The van der Waals surface area contributed by atoms with Gasteiger partial charge in [-0.2, -0.15) is 0 Å². The largest absolute Gasteiger partial charge is 0.480 e. The van der Waals surface area contributed by atoms with Crippen LogP contribution < -0.4 is 11.1 Å². The van der Waals surface area contributed by atoms with Crippen molar-refractivity contribution >= 4 is 18.0 Å². The Morgan fingerprint density at radius 1 is 0.957 bits per heavy atom. The summed E-state index contributed by atoms with van der Waals surface area (Å²) < 4.78 is 4.96. The maximum absolute atomic E-state index is 11.3. The predicted octanol–water partition coefficient (Wildman–Crippen LogP) is 1.67. The number of carbonyl (C=O) groups is 3. The number of aliphatic carboxylic acids is 2. The highest BCUT2D eigenvalue weighted by atomic mass is 16.6. The van der Waals surface area contributed by atoms with Gasteiger partial charge < -0.3 is 26.0 Å². The first-order valence-corrected chi connectivity index (χ1v) is 7.39. The summed E-state index contributed by atoms with van der Waals surface area (Å²) in [6.07, 6.45) is -0.705. The van der Waals surface area contributed by atoms with Gasteiger partial charge in [0.1, 0.15) is 17.7 Å². The Morgan fingerprint density at radius 2 is 1.39 bits per heavy atom. The Morgan fingerprint density at radius 3 is 1.57 bits per heavy atom. The van der Waals surface area contributed by atoms with Gasteiger partial charge in [-0.05, 0) is 32.6 Å². The molecule has 0 aromatic rings. The molecule has 136 valence electrons.